The maximum atomic E-state index is 9.89. The van der Waals surface area contributed by atoms with Crippen LogP contribution in [0.2, 0.25) is 0 Å². The van der Waals surface area contributed by atoms with Gasteiger partial charge in [-0.05, 0) is 29.2 Å². The summed E-state index contributed by atoms with van der Waals surface area (Å²) in [6.07, 6.45) is 0.678. The van der Waals surface area contributed by atoms with E-state index in [0.717, 1.165) is 4.88 Å². The first kappa shape index (κ1) is 14.1. The second kappa shape index (κ2) is 5.50. The number of rotatable bonds is 3. The number of fused-ring (bicyclic) bond motifs is 1. The molecule has 0 radical (unpaired) electrons. The van der Waals surface area contributed by atoms with Crippen LogP contribution in [0.25, 0.3) is 10.8 Å². The summed E-state index contributed by atoms with van der Waals surface area (Å²) in [5.41, 5.74) is 2.39. The average molecular weight is 316 g/mol. The fourth-order valence-electron chi connectivity index (χ4n) is 2.53. The summed E-state index contributed by atoms with van der Waals surface area (Å²) in [7, 11) is 4.09. The summed E-state index contributed by atoms with van der Waals surface area (Å²) in [6, 6.07) is 12.6. The van der Waals surface area contributed by atoms with Crippen molar-refractivity contribution in [2.45, 2.75) is 6.42 Å². The number of thiazole rings is 1. The number of aromatic hydroxyl groups is 1. The summed E-state index contributed by atoms with van der Waals surface area (Å²) in [6.45, 7) is 0. The Hall–Kier alpha value is -1.85. The smallest absolute Gasteiger partial charge is 0.203 e. The lowest BCUT2D eigenvalue weighted by Crippen LogP contribution is -2.09. The van der Waals surface area contributed by atoms with Crippen molar-refractivity contribution in [2.75, 3.05) is 19.0 Å². The number of nitrogens with zero attached hydrogens (tertiary/aromatic N) is 1. The van der Waals surface area contributed by atoms with Crippen LogP contribution < -0.4 is 4.90 Å². The molecule has 0 unspecified atom stereocenters. The lowest BCUT2D eigenvalue weighted by molar-refractivity contribution is 0.452. The summed E-state index contributed by atoms with van der Waals surface area (Å²) in [5, 5.41) is 12.3. The Morgan fingerprint density at radius 2 is 1.86 bits per heavy atom. The van der Waals surface area contributed by atoms with E-state index in [1.807, 2.05) is 20.2 Å². The monoisotopic (exact) mass is 316 g/mol. The minimum absolute atomic E-state index is 0.186. The van der Waals surface area contributed by atoms with Gasteiger partial charge in [-0.3, -0.25) is 0 Å². The zero-order valence-corrected chi connectivity index (χ0v) is 13.5. The van der Waals surface area contributed by atoms with E-state index >= 15 is 0 Å². The first-order valence-electron chi connectivity index (χ1n) is 6.65. The van der Waals surface area contributed by atoms with Gasteiger partial charge in [0.05, 0.1) is 4.88 Å². The summed E-state index contributed by atoms with van der Waals surface area (Å²) < 4.78 is 0.608. The van der Waals surface area contributed by atoms with E-state index in [4.69, 9.17) is 12.2 Å². The normalized spacial score (nSPS) is 11.0. The predicted octanol–water partition coefficient (Wildman–Crippen LogP) is 4.32. The number of hydrogen-bond donors (Lipinski definition) is 2. The van der Waals surface area contributed by atoms with Crippen molar-refractivity contribution in [1.82, 2.24) is 4.98 Å². The van der Waals surface area contributed by atoms with Crippen molar-refractivity contribution in [3.8, 4) is 5.88 Å². The van der Waals surface area contributed by atoms with Crippen LogP contribution in [0.4, 0.5) is 5.69 Å². The molecular formula is C16H16N2OS2. The van der Waals surface area contributed by atoms with Gasteiger partial charge >= 0.3 is 0 Å². The number of anilines is 1. The molecule has 3 rings (SSSR count). The van der Waals surface area contributed by atoms with Gasteiger partial charge < -0.3 is 15.0 Å². The van der Waals surface area contributed by atoms with Gasteiger partial charge in [0, 0.05) is 31.6 Å². The fourth-order valence-corrected chi connectivity index (χ4v) is 3.68. The quantitative estimate of drug-likeness (QED) is 0.707. The number of benzene rings is 2. The number of H-pyrrole nitrogens is 1. The van der Waals surface area contributed by atoms with E-state index in [0.29, 0.717) is 10.4 Å². The standard InChI is InChI=1S/C16H16N2OS2/c1-18(2)13-8-7-10(11-5-3-4-6-12(11)13)9-14-15(19)17-16(20)21-14/h3-8,19H,9H2,1-2H3,(H,17,20). The molecule has 21 heavy (non-hydrogen) atoms. The zero-order valence-electron chi connectivity index (χ0n) is 11.9. The molecule has 108 valence electrons. The van der Waals surface area contributed by atoms with Gasteiger partial charge in [-0.15, -0.1) is 11.3 Å². The Morgan fingerprint density at radius 1 is 1.14 bits per heavy atom. The molecule has 1 heterocycles. The molecule has 0 aliphatic carbocycles. The second-order valence-corrected chi connectivity index (χ2v) is 6.92. The van der Waals surface area contributed by atoms with Crippen molar-refractivity contribution in [3.05, 3.63) is 50.8 Å². The molecule has 0 atom stereocenters. The van der Waals surface area contributed by atoms with Crippen LogP contribution in [-0.2, 0) is 6.42 Å². The number of nitrogens with one attached hydrogen (secondary N) is 1. The third kappa shape index (κ3) is 2.66. The van der Waals surface area contributed by atoms with Gasteiger partial charge in [0.25, 0.3) is 0 Å². The van der Waals surface area contributed by atoms with E-state index in [1.54, 1.807) is 0 Å². The van der Waals surface area contributed by atoms with Crippen LogP contribution >= 0.6 is 23.6 Å². The molecule has 0 saturated heterocycles. The summed E-state index contributed by atoms with van der Waals surface area (Å²) in [4.78, 5) is 5.78. The molecule has 5 heteroatoms. The third-order valence-corrected chi connectivity index (χ3v) is 4.75. The SMILES string of the molecule is CN(C)c1ccc(Cc2sc(=S)[nH]c2O)c2ccccc12. The Balaban J connectivity index is 2.14. The van der Waals surface area contributed by atoms with E-state index in [-0.39, 0.29) is 5.88 Å². The first-order valence-corrected chi connectivity index (χ1v) is 7.87. The maximum Gasteiger partial charge on any atom is 0.203 e. The van der Waals surface area contributed by atoms with Gasteiger partial charge in [-0.2, -0.15) is 0 Å². The van der Waals surface area contributed by atoms with E-state index < -0.39 is 0 Å². The molecule has 2 aromatic carbocycles. The van der Waals surface area contributed by atoms with Crippen molar-refractivity contribution < 1.29 is 5.11 Å². The second-order valence-electron chi connectivity index (χ2n) is 5.15. The van der Waals surface area contributed by atoms with E-state index in [2.05, 4.69) is 40.2 Å². The Bertz CT molecular complexity index is 849. The molecule has 0 aliphatic rings. The highest BCUT2D eigenvalue weighted by Crippen LogP contribution is 2.32. The minimum Gasteiger partial charge on any atom is -0.494 e. The van der Waals surface area contributed by atoms with E-state index in [9.17, 15) is 5.11 Å². The van der Waals surface area contributed by atoms with Crippen molar-refractivity contribution >= 4 is 40.0 Å². The number of hydrogen-bond acceptors (Lipinski definition) is 4. The maximum absolute atomic E-state index is 9.89. The van der Waals surface area contributed by atoms with Crippen LogP contribution in [0.5, 0.6) is 5.88 Å². The molecule has 0 fully saturated rings. The van der Waals surface area contributed by atoms with Crippen LogP contribution in [0.1, 0.15) is 10.4 Å². The molecule has 0 bridgehead atoms. The first-order chi connectivity index (χ1) is 10.1. The van der Waals surface area contributed by atoms with E-state index in [1.165, 1.54) is 33.4 Å². The highest BCUT2D eigenvalue weighted by atomic mass is 32.1. The van der Waals surface area contributed by atoms with Crippen molar-refractivity contribution in [2.24, 2.45) is 0 Å². The van der Waals surface area contributed by atoms with Crippen LogP contribution in [-0.4, -0.2) is 24.2 Å². The van der Waals surface area contributed by atoms with Crippen molar-refractivity contribution in [3.63, 3.8) is 0 Å². The molecular weight excluding hydrogens is 300 g/mol. The number of aromatic amines is 1. The topological polar surface area (TPSA) is 39.3 Å². The van der Waals surface area contributed by atoms with Crippen molar-refractivity contribution in [1.29, 1.82) is 0 Å². The van der Waals surface area contributed by atoms with Crippen LogP contribution in [0.3, 0.4) is 0 Å². The lowest BCUT2D eigenvalue weighted by Gasteiger charge is -2.17. The molecule has 2 N–H and O–H groups in total. The zero-order chi connectivity index (χ0) is 15.0. The van der Waals surface area contributed by atoms with Gasteiger partial charge in [0.15, 0.2) is 3.95 Å². The largest absolute Gasteiger partial charge is 0.494 e. The molecule has 3 nitrogen and oxygen atoms in total. The Morgan fingerprint density at radius 3 is 2.48 bits per heavy atom. The highest BCUT2D eigenvalue weighted by molar-refractivity contribution is 7.73. The molecule has 0 aliphatic heterocycles. The van der Waals surface area contributed by atoms with Crippen LogP contribution in [0, 0.1) is 3.95 Å². The third-order valence-electron chi connectivity index (χ3n) is 3.52. The fraction of sp³-hybridized carbons (Fsp3) is 0.188. The summed E-state index contributed by atoms with van der Waals surface area (Å²) in [5.74, 6) is 0.186. The van der Waals surface area contributed by atoms with Gasteiger partial charge in [-0.25, -0.2) is 0 Å². The molecule has 1 aromatic heterocycles. The molecule has 0 amide bonds. The minimum atomic E-state index is 0.186. The molecule has 3 aromatic rings. The lowest BCUT2D eigenvalue weighted by atomic mass is 10.00. The van der Waals surface area contributed by atoms with Gasteiger partial charge in [0.2, 0.25) is 5.88 Å². The number of aromatic nitrogens is 1. The highest BCUT2D eigenvalue weighted by Gasteiger charge is 2.11. The Kier molecular flexibility index (Phi) is 3.69. The average Bonchev–Trinajstić information content (AvgIpc) is 2.77. The molecule has 0 spiro atoms. The van der Waals surface area contributed by atoms with Crippen LogP contribution in [0.15, 0.2) is 36.4 Å². The summed E-state index contributed by atoms with van der Waals surface area (Å²) >= 11 is 6.51. The predicted molar refractivity (Wildman–Crippen MR) is 92.2 cm³/mol. The molecule has 0 saturated carbocycles. The van der Waals surface area contributed by atoms with Gasteiger partial charge in [-0.1, -0.05) is 30.3 Å². The van der Waals surface area contributed by atoms with Gasteiger partial charge in [0.1, 0.15) is 0 Å². The Labute approximate surface area is 132 Å².